The molecule has 2 heterocycles. The number of rotatable bonds is 1. The maximum atomic E-state index is 5.66. The average Bonchev–Trinajstić information content (AvgIpc) is 2.72. The topological polar surface area (TPSA) is 38.9 Å². The lowest BCUT2D eigenvalue weighted by Gasteiger charge is -1.95. The summed E-state index contributed by atoms with van der Waals surface area (Å²) in [6.45, 7) is 2.00. The quantitative estimate of drug-likeness (QED) is 0.619. The van der Waals surface area contributed by atoms with E-state index < -0.39 is 0 Å². The second kappa shape index (κ2) is 3.45. The fraction of sp³-hybridized carbons (Fsp3) is 0.0769. The Morgan fingerprint density at radius 3 is 2.81 bits per heavy atom. The second-order valence-corrected chi connectivity index (χ2v) is 3.74. The summed E-state index contributed by atoms with van der Waals surface area (Å²) in [6, 6.07) is 9.74. The highest BCUT2D eigenvalue weighted by Crippen LogP contribution is 2.23. The molecule has 3 nitrogen and oxygen atoms in total. The molecule has 3 rings (SSSR count). The molecule has 0 aliphatic heterocycles. The van der Waals surface area contributed by atoms with Crippen LogP contribution in [0.15, 0.2) is 47.1 Å². The number of aryl methyl sites for hydroxylation is 1. The largest absolute Gasteiger partial charge is 0.436 e. The van der Waals surface area contributed by atoms with Gasteiger partial charge in [-0.2, -0.15) is 0 Å². The zero-order valence-corrected chi connectivity index (χ0v) is 8.84. The van der Waals surface area contributed by atoms with Gasteiger partial charge in [-0.3, -0.25) is 4.98 Å². The smallest absolute Gasteiger partial charge is 0.228 e. The van der Waals surface area contributed by atoms with Gasteiger partial charge in [0, 0.05) is 12.4 Å². The Bertz CT molecular complexity index is 610. The Morgan fingerprint density at radius 2 is 2.00 bits per heavy atom. The van der Waals surface area contributed by atoms with Crippen LogP contribution in [0.1, 0.15) is 5.56 Å². The number of aromatic nitrogens is 2. The predicted molar refractivity (Wildman–Crippen MR) is 62.0 cm³/mol. The minimum atomic E-state index is 0.623. The van der Waals surface area contributed by atoms with E-state index in [-0.39, 0.29) is 0 Å². The van der Waals surface area contributed by atoms with Gasteiger partial charge in [-0.15, -0.1) is 0 Å². The van der Waals surface area contributed by atoms with Crippen molar-refractivity contribution in [3.05, 3.63) is 48.3 Å². The second-order valence-electron chi connectivity index (χ2n) is 3.74. The Kier molecular flexibility index (Phi) is 1.96. The minimum absolute atomic E-state index is 0.623. The first-order valence-corrected chi connectivity index (χ1v) is 5.10. The van der Waals surface area contributed by atoms with E-state index in [2.05, 4.69) is 9.97 Å². The predicted octanol–water partition coefficient (Wildman–Crippen LogP) is 3.20. The fourth-order valence-corrected chi connectivity index (χ4v) is 1.67. The molecule has 0 unspecified atom stereocenters. The summed E-state index contributed by atoms with van der Waals surface area (Å²) in [7, 11) is 0. The van der Waals surface area contributed by atoms with Crippen LogP contribution in [-0.2, 0) is 0 Å². The maximum Gasteiger partial charge on any atom is 0.228 e. The normalized spacial score (nSPS) is 10.8. The first-order valence-electron chi connectivity index (χ1n) is 5.10. The lowest BCUT2D eigenvalue weighted by Crippen LogP contribution is -1.81. The summed E-state index contributed by atoms with van der Waals surface area (Å²) < 4.78 is 5.66. The molecule has 0 atom stereocenters. The molecule has 0 fully saturated rings. The van der Waals surface area contributed by atoms with Gasteiger partial charge < -0.3 is 4.42 Å². The molecule has 78 valence electrons. The molecule has 16 heavy (non-hydrogen) atoms. The number of fused-ring (bicyclic) bond motifs is 1. The number of para-hydroxylation sites is 2. The third-order valence-electron chi connectivity index (χ3n) is 2.42. The van der Waals surface area contributed by atoms with Crippen molar-refractivity contribution >= 4 is 11.1 Å². The van der Waals surface area contributed by atoms with Crippen molar-refractivity contribution in [2.24, 2.45) is 0 Å². The highest BCUT2D eigenvalue weighted by molar-refractivity contribution is 5.75. The van der Waals surface area contributed by atoms with Crippen LogP contribution in [-0.4, -0.2) is 9.97 Å². The number of oxazole rings is 1. The summed E-state index contributed by atoms with van der Waals surface area (Å²) in [5, 5.41) is 0. The fourth-order valence-electron chi connectivity index (χ4n) is 1.67. The van der Waals surface area contributed by atoms with E-state index in [0.717, 1.165) is 22.2 Å². The number of hydrogen-bond acceptors (Lipinski definition) is 3. The van der Waals surface area contributed by atoms with Crippen molar-refractivity contribution in [1.29, 1.82) is 0 Å². The molecule has 2 aromatic heterocycles. The van der Waals surface area contributed by atoms with E-state index in [4.69, 9.17) is 4.42 Å². The molecule has 0 spiro atoms. The number of benzene rings is 1. The summed E-state index contributed by atoms with van der Waals surface area (Å²) in [5.74, 6) is 0.623. The van der Waals surface area contributed by atoms with Gasteiger partial charge in [0.05, 0.1) is 5.56 Å². The van der Waals surface area contributed by atoms with Crippen LogP contribution < -0.4 is 0 Å². The number of pyridine rings is 1. The molecule has 3 heteroatoms. The first-order chi connectivity index (χ1) is 7.83. The summed E-state index contributed by atoms with van der Waals surface area (Å²) in [6.07, 6.45) is 3.57. The monoisotopic (exact) mass is 210 g/mol. The van der Waals surface area contributed by atoms with Crippen LogP contribution >= 0.6 is 0 Å². The molecular weight excluding hydrogens is 200 g/mol. The minimum Gasteiger partial charge on any atom is -0.436 e. The van der Waals surface area contributed by atoms with Crippen LogP contribution in [0, 0.1) is 6.92 Å². The SMILES string of the molecule is Cc1cncc(-c2nc3ccccc3o2)c1. The Morgan fingerprint density at radius 1 is 1.12 bits per heavy atom. The van der Waals surface area contributed by atoms with Crippen molar-refractivity contribution in [2.45, 2.75) is 6.92 Å². The Labute approximate surface area is 92.8 Å². The van der Waals surface area contributed by atoms with Crippen molar-refractivity contribution in [2.75, 3.05) is 0 Å². The molecule has 0 saturated carbocycles. The summed E-state index contributed by atoms with van der Waals surface area (Å²) in [5.41, 5.74) is 3.69. The highest BCUT2D eigenvalue weighted by Gasteiger charge is 2.07. The molecular formula is C13H10N2O. The van der Waals surface area contributed by atoms with E-state index >= 15 is 0 Å². The molecule has 3 aromatic rings. The molecule has 0 amide bonds. The zero-order chi connectivity index (χ0) is 11.0. The van der Waals surface area contributed by atoms with Crippen molar-refractivity contribution < 1.29 is 4.42 Å². The molecule has 0 saturated heterocycles. The van der Waals surface area contributed by atoms with E-state index in [1.807, 2.05) is 43.5 Å². The average molecular weight is 210 g/mol. The van der Waals surface area contributed by atoms with Gasteiger partial charge in [-0.1, -0.05) is 12.1 Å². The lowest BCUT2D eigenvalue weighted by atomic mass is 10.2. The first kappa shape index (κ1) is 9.09. The van der Waals surface area contributed by atoms with Crippen molar-refractivity contribution in [1.82, 2.24) is 9.97 Å². The van der Waals surface area contributed by atoms with Gasteiger partial charge in [0.15, 0.2) is 5.58 Å². The third-order valence-corrected chi connectivity index (χ3v) is 2.42. The van der Waals surface area contributed by atoms with Crippen LogP contribution in [0.2, 0.25) is 0 Å². The molecule has 0 N–H and O–H groups in total. The van der Waals surface area contributed by atoms with Crippen LogP contribution in [0.4, 0.5) is 0 Å². The molecule has 1 aromatic carbocycles. The van der Waals surface area contributed by atoms with Gasteiger partial charge in [0.2, 0.25) is 5.89 Å². The van der Waals surface area contributed by atoms with Crippen molar-refractivity contribution in [3.8, 4) is 11.5 Å². The lowest BCUT2D eigenvalue weighted by molar-refractivity contribution is 0.619. The Hall–Kier alpha value is -2.16. The van der Waals surface area contributed by atoms with Gasteiger partial charge in [-0.25, -0.2) is 4.98 Å². The third kappa shape index (κ3) is 1.46. The summed E-state index contributed by atoms with van der Waals surface area (Å²) >= 11 is 0. The van der Waals surface area contributed by atoms with Gasteiger partial charge in [-0.05, 0) is 30.7 Å². The molecule has 0 aliphatic carbocycles. The van der Waals surface area contributed by atoms with Gasteiger partial charge >= 0.3 is 0 Å². The van der Waals surface area contributed by atoms with E-state index in [0.29, 0.717) is 5.89 Å². The van der Waals surface area contributed by atoms with Crippen molar-refractivity contribution in [3.63, 3.8) is 0 Å². The number of nitrogens with zero attached hydrogens (tertiary/aromatic N) is 2. The van der Waals surface area contributed by atoms with E-state index in [1.165, 1.54) is 0 Å². The maximum absolute atomic E-state index is 5.66. The molecule has 0 bridgehead atoms. The van der Waals surface area contributed by atoms with E-state index in [9.17, 15) is 0 Å². The van der Waals surface area contributed by atoms with Crippen LogP contribution in [0.25, 0.3) is 22.6 Å². The standard InChI is InChI=1S/C13H10N2O/c1-9-6-10(8-14-7-9)13-15-11-4-2-3-5-12(11)16-13/h2-8H,1H3. The number of hydrogen-bond donors (Lipinski definition) is 0. The van der Waals surface area contributed by atoms with E-state index in [1.54, 1.807) is 6.20 Å². The van der Waals surface area contributed by atoms with Gasteiger partial charge in [0.25, 0.3) is 0 Å². The highest BCUT2D eigenvalue weighted by atomic mass is 16.3. The molecule has 0 radical (unpaired) electrons. The zero-order valence-electron chi connectivity index (χ0n) is 8.84. The molecule has 0 aliphatic rings. The summed E-state index contributed by atoms with van der Waals surface area (Å²) in [4.78, 5) is 8.55. The van der Waals surface area contributed by atoms with Crippen LogP contribution in [0.5, 0.6) is 0 Å². The van der Waals surface area contributed by atoms with Crippen LogP contribution in [0.3, 0.4) is 0 Å². The Balaban J connectivity index is 2.19. The van der Waals surface area contributed by atoms with Gasteiger partial charge in [0.1, 0.15) is 5.52 Å².